The number of nitrogens with one attached hydrogen (secondary N) is 2. The van der Waals surface area contributed by atoms with Gasteiger partial charge in [-0.3, -0.25) is 10.0 Å². The maximum Gasteiger partial charge on any atom is 0.276 e. The summed E-state index contributed by atoms with van der Waals surface area (Å²) in [5.74, 6) is 1.44. The van der Waals surface area contributed by atoms with Gasteiger partial charge in [0.1, 0.15) is 5.84 Å². The number of aryl methyl sites for hydroxylation is 1. The molecule has 0 spiro atoms. The van der Waals surface area contributed by atoms with Crippen LogP contribution >= 0.6 is 0 Å². The molecule has 1 fully saturated rings. The van der Waals surface area contributed by atoms with Gasteiger partial charge in [0.2, 0.25) is 0 Å². The molecule has 0 saturated carbocycles. The fraction of sp³-hybridized carbons (Fsp3) is 0.520. The summed E-state index contributed by atoms with van der Waals surface area (Å²) < 4.78 is 0. The number of hydrogen-bond acceptors (Lipinski definition) is 5. The summed E-state index contributed by atoms with van der Waals surface area (Å²) >= 11 is 0. The number of rotatable bonds is 7. The molecule has 32 heavy (non-hydrogen) atoms. The van der Waals surface area contributed by atoms with E-state index < -0.39 is 5.91 Å². The highest BCUT2D eigenvalue weighted by molar-refractivity contribution is 5.95. The Labute approximate surface area is 191 Å². The van der Waals surface area contributed by atoms with Gasteiger partial charge in [-0.05, 0) is 57.7 Å². The van der Waals surface area contributed by atoms with Crippen molar-refractivity contribution in [2.75, 3.05) is 38.1 Å². The van der Waals surface area contributed by atoms with Gasteiger partial charge < -0.3 is 15.1 Å². The van der Waals surface area contributed by atoms with Crippen molar-refractivity contribution >= 4 is 17.4 Å². The molecule has 1 aromatic carbocycles. The first-order chi connectivity index (χ1) is 15.3. The molecule has 0 bridgehead atoms. The van der Waals surface area contributed by atoms with Crippen LogP contribution in [0.4, 0.5) is 5.69 Å². The van der Waals surface area contributed by atoms with E-state index in [1.807, 2.05) is 6.92 Å². The van der Waals surface area contributed by atoms with Gasteiger partial charge in [0.15, 0.2) is 0 Å². The lowest BCUT2D eigenvalue weighted by molar-refractivity contribution is -0.124. The number of anilines is 1. The number of likely N-dealkylation sites (tertiary alicyclic amines) is 1. The van der Waals surface area contributed by atoms with Gasteiger partial charge in [-0.2, -0.15) is 0 Å². The van der Waals surface area contributed by atoms with Crippen LogP contribution in [0.25, 0.3) is 0 Å². The molecule has 3 rings (SSSR count). The molecule has 0 aliphatic carbocycles. The molecular formula is C25H37N5O2. The number of benzene rings is 1. The zero-order valence-corrected chi connectivity index (χ0v) is 19.8. The predicted octanol–water partition coefficient (Wildman–Crippen LogP) is 3.21. The fourth-order valence-corrected chi connectivity index (χ4v) is 4.74. The molecule has 2 unspecified atom stereocenters. The Balaban J connectivity index is 1.48. The minimum absolute atomic E-state index is 0.231. The average molecular weight is 440 g/mol. The Kier molecular flexibility index (Phi) is 8.10. The molecule has 3 N–H and O–H groups in total. The Morgan fingerprint density at radius 3 is 2.69 bits per heavy atom. The quantitative estimate of drug-likeness (QED) is 0.152. The largest absolute Gasteiger partial charge is 0.371 e. The van der Waals surface area contributed by atoms with E-state index in [2.05, 4.69) is 65.8 Å². The van der Waals surface area contributed by atoms with Crippen molar-refractivity contribution in [3.63, 3.8) is 0 Å². The highest BCUT2D eigenvalue weighted by Crippen LogP contribution is 2.40. The molecule has 2 atom stereocenters. The maximum absolute atomic E-state index is 11.5. The first-order valence-electron chi connectivity index (χ1n) is 11.5. The third-order valence-corrected chi connectivity index (χ3v) is 7.00. The summed E-state index contributed by atoms with van der Waals surface area (Å²) in [4.78, 5) is 20.5. The molecule has 2 aliphatic rings. The standard InChI is InChI=1S/C25H37N5O2/c1-6-21(25(31)28-32)15-27-19(4)30-11-9-20(10-12-30)14-26-16-23-18(3)29(5)24-8-7-17(2)13-22(23)24/h6-8,13,15,18,20,23,26,32H,1,9-12,14,16H2,2-5H3,(H,28,31)/b21-15+,27-19+. The van der Waals surface area contributed by atoms with Crippen LogP contribution in [0.2, 0.25) is 0 Å². The lowest BCUT2D eigenvalue weighted by atomic mass is 9.93. The van der Waals surface area contributed by atoms with E-state index in [4.69, 9.17) is 5.21 Å². The highest BCUT2D eigenvalue weighted by atomic mass is 16.5. The van der Waals surface area contributed by atoms with Gasteiger partial charge >= 0.3 is 0 Å². The second-order valence-electron chi connectivity index (χ2n) is 9.01. The van der Waals surface area contributed by atoms with Gasteiger partial charge in [0.05, 0.1) is 5.57 Å². The Bertz CT molecular complexity index is 886. The number of fused-ring (bicyclic) bond motifs is 1. The normalized spacial score (nSPS) is 22.2. The van der Waals surface area contributed by atoms with Crippen LogP contribution in [0.3, 0.4) is 0 Å². The van der Waals surface area contributed by atoms with E-state index in [0.717, 1.165) is 44.9 Å². The molecule has 2 heterocycles. The summed E-state index contributed by atoms with van der Waals surface area (Å²) in [7, 11) is 2.20. The average Bonchev–Trinajstić information content (AvgIpc) is 3.03. The first kappa shape index (κ1) is 24.0. The summed E-state index contributed by atoms with van der Waals surface area (Å²) in [6, 6.07) is 7.30. The number of aliphatic imine (C=N–C) groups is 1. The van der Waals surface area contributed by atoms with Crippen LogP contribution < -0.4 is 15.7 Å². The highest BCUT2D eigenvalue weighted by Gasteiger charge is 2.33. The topological polar surface area (TPSA) is 80.2 Å². The number of nitrogens with zero attached hydrogens (tertiary/aromatic N) is 3. The van der Waals surface area contributed by atoms with Crippen molar-refractivity contribution in [2.45, 2.75) is 45.6 Å². The molecule has 0 radical (unpaired) electrons. The third kappa shape index (κ3) is 5.40. The van der Waals surface area contributed by atoms with E-state index in [1.54, 1.807) is 5.48 Å². The van der Waals surface area contributed by atoms with Crippen molar-refractivity contribution in [3.8, 4) is 0 Å². The Hall–Kier alpha value is -2.64. The van der Waals surface area contributed by atoms with Gasteiger partial charge in [-0.15, -0.1) is 0 Å². The SMILES string of the molecule is C=C/C(=C\N=C(/C)N1CCC(CNCC2c3cc(C)ccc3N(C)C2C)CC1)C(=O)NO. The van der Waals surface area contributed by atoms with Crippen molar-refractivity contribution in [1.29, 1.82) is 0 Å². The number of likely N-dealkylation sites (N-methyl/N-ethyl adjacent to an activating group) is 1. The molecular weight excluding hydrogens is 402 g/mol. The second-order valence-corrected chi connectivity index (χ2v) is 9.01. The minimum Gasteiger partial charge on any atom is -0.371 e. The van der Waals surface area contributed by atoms with Crippen LogP contribution in [-0.4, -0.2) is 61.1 Å². The lowest BCUT2D eigenvalue weighted by Crippen LogP contribution is -2.41. The predicted molar refractivity (Wildman–Crippen MR) is 130 cm³/mol. The molecule has 1 amide bonds. The molecule has 7 nitrogen and oxygen atoms in total. The van der Waals surface area contributed by atoms with Crippen molar-refractivity contribution in [2.24, 2.45) is 10.9 Å². The van der Waals surface area contributed by atoms with Gasteiger partial charge in [0, 0.05) is 50.5 Å². The zero-order chi connectivity index (χ0) is 23.3. The number of hydroxylamine groups is 1. The fourth-order valence-electron chi connectivity index (χ4n) is 4.74. The van der Waals surface area contributed by atoms with Crippen LogP contribution in [0.15, 0.2) is 47.6 Å². The van der Waals surface area contributed by atoms with E-state index >= 15 is 0 Å². The molecule has 2 aliphatic heterocycles. The Morgan fingerprint density at radius 1 is 1.31 bits per heavy atom. The summed E-state index contributed by atoms with van der Waals surface area (Å²) in [5, 5.41) is 12.5. The molecule has 0 aromatic heterocycles. The number of hydrogen-bond donors (Lipinski definition) is 3. The van der Waals surface area contributed by atoms with Crippen LogP contribution in [0, 0.1) is 12.8 Å². The van der Waals surface area contributed by atoms with Crippen LogP contribution in [0.5, 0.6) is 0 Å². The smallest absolute Gasteiger partial charge is 0.276 e. The van der Waals surface area contributed by atoms with Gasteiger partial charge in [0.25, 0.3) is 5.91 Å². The summed E-state index contributed by atoms with van der Waals surface area (Å²) in [5.41, 5.74) is 6.00. The van der Waals surface area contributed by atoms with E-state index in [1.165, 1.54) is 29.1 Å². The molecule has 1 saturated heterocycles. The van der Waals surface area contributed by atoms with E-state index in [0.29, 0.717) is 17.9 Å². The zero-order valence-electron chi connectivity index (χ0n) is 19.8. The number of amides is 1. The van der Waals surface area contributed by atoms with Crippen molar-refractivity contribution in [3.05, 3.63) is 53.8 Å². The summed E-state index contributed by atoms with van der Waals surface area (Å²) in [6.45, 7) is 14.0. The van der Waals surface area contributed by atoms with Crippen LogP contribution in [0.1, 0.15) is 43.7 Å². The molecule has 174 valence electrons. The lowest BCUT2D eigenvalue weighted by Gasteiger charge is -2.33. The number of carbonyl (C=O) groups excluding carboxylic acids is 1. The van der Waals surface area contributed by atoms with E-state index in [-0.39, 0.29) is 5.57 Å². The molecule has 7 heteroatoms. The number of piperidine rings is 1. The molecule has 1 aromatic rings. The Morgan fingerprint density at radius 2 is 2.03 bits per heavy atom. The third-order valence-electron chi connectivity index (χ3n) is 7.00. The minimum atomic E-state index is -0.609. The first-order valence-corrected chi connectivity index (χ1v) is 11.5. The van der Waals surface area contributed by atoms with Gasteiger partial charge in [-0.25, -0.2) is 10.5 Å². The van der Waals surface area contributed by atoms with Crippen LogP contribution in [-0.2, 0) is 4.79 Å². The second kappa shape index (κ2) is 10.8. The van der Waals surface area contributed by atoms with Gasteiger partial charge in [-0.1, -0.05) is 30.4 Å². The summed E-state index contributed by atoms with van der Waals surface area (Å²) in [6.07, 6.45) is 5.06. The monoisotopic (exact) mass is 439 g/mol. The van der Waals surface area contributed by atoms with Crippen molar-refractivity contribution < 1.29 is 10.0 Å². The van der Waals surface area contributed by atoms with E-state index in [9.17, 15) is 4.79 Å². The van der Waals surface area contributed by atoms with Crippen molar-refractivity contribution in [1.82, 2.24) is 15.7 Å². The number of carbonyl (C=O) groups is 1. The maximum atomic E-state index is 11.5. The number of amidine groups is 1.